The first kappa shape index (κ1) is 13.4. The number of nitrogen functional groups attached to an aromatic ring is 1. The average Bonchev–Trinajstić information content (AvgIpc) is 2.52. The Morgan fingerprint density at radius 1 is 1.05 bits per heavy atom. The van der Waals surface area contributed by atoms with Crippen LogP contribution in [-0.2, 0) is 0 Å². The minimum atomic E-state index is 0.606. The molecule has 3 aromatic rings. The number of ether oxygens (including phenoxy) is 1. The van der Waals surface area contributed by atoms with E-state index in [1.165, 1.54) is 0 Å². The Kier molecular flexibility index (Phi) is 3.48. The second kappa shape index (κ2) is 5.44. The van der Waals surface area contributed by atoms with E-state index in [1.54, 1.807) is 0 Å². The maximum absolute atomic E-state index is 6.33. The monoisotopic (exact) mass is 278 g/mol. The molecule has 106 valence electrons. The third-order valence-corrected chi connectivity index (χ3v) is 3.62. The molecule has 0 spiro atoms. The van der Waals surface area contributed by atoms with Crippen LogP contribution in [0.15, 0.2) is 48.5 Å². The van der Waals surface area contributed by atoms with Crippen LogP contribution >= 0.6 is 0 Å². The van der Waals surface area contributed by atoms with E-state index in [9.17, 15) is 0 Å². The van der Waals surface area contributed by atoms with Gasteiger partial charge in [-0.1, -0.05) is 42.5 Å². The van der Waals surface area contributed by atoms with Crippen LogP contribution in [0.25, 0.3) is 22.2 Å². The van der Waals surface area contributed by atoms with Crippen molar-refractivity contribution in [3.63, 3.8) is 0 Å². The van der Waals surface area contributed by atoms with Gasteiger partial charge in [0.05, 0.1) is 12.3 Å². The van der Waals surface area contributed by atoms with Crippen LogP contribution in [0.3, 0.4) is 0 Å². The molecule has 0 bridgehead atoms. The predicted octanol–water partition coefficient (Wildman–Crippen LogP) is 4.19. The molecule has 0 fully saturated rings. The van der Waals surface area contributed by atoms with Gasteiger partial charge in [-0.05, 0) is 25.5 Å². The van der Waals surface area contributed by atoms with Crippen molar-refractivity contribution in [2.75, 3.05) is 12.3 Å². The first-order chi connectivity index (χ1) is 10.2. The lowest BCUT2D eigenvalue weighted by Crippen LogP contribution is -2.00. The van der Waals surface area contributed by atoms with Crippen molar-refractivity contribution in [3.05, 3.63) is 54.1 Å². The van der Waals surface area contributed by atoms with E-state index >= 15 is 0 Å². The Balaban J connectivity index is 2.32. The predicted molar refractivity (Wildman–Crippen MR) is 87.5 cm³/mol. The lowest BCUT2D eigenvalue weighted by atomic mass is 10.0. The molecule has 0 aliphatic carbocycles. The van der Waals surface area contributed by atoms with Gasteiger partial charge in [0.15, 0.2) is 0 Å². The van der Waals surface area contributed by atoms with E-state index in [1.807, 2.05) is 62.4 Å². The number of hydrogen-bond donors (Lipinski definition) is 1. The van der Waals surface area contributed by atoms with Crippen LogP contribution in [-0.4, -0.2) is 11.6 Å². The zero-order valence-electron chi connectivity index (χ0n) is 12.3. The SMILES string of the molecule is CCOc1cccc2c(N)c(C)c(-c3ccccc3)nc12. The van der Waals surface area contributed by atoms with E-state index in [4.69, 9.17) is 15.5 Å². The van der Waals surface area contributed by atoms with E-state index < -0.39 is 0 Å². The number of para-hydroxylation sites is 1. The molecule has 0 aliphatic heterocycles. The second-order valence-corrected chi connectivity index (χ2v) is 4.95. The summed E-state index contributed by atoms with van der Waals surface area (Å²) < 4.78 is 5.69. The number of fused-ring (bicyclic) bond motifs is 1. The highest BCUT2D eigenvalue weighted by atomic mass is 16.5. The Hall–Kier alpha value is -2.55. The normalized spacial score (nSPS) is 10.8. The van der Waals surface area contributed by atoms with Gasteiger partial charge in [0, 0.05) is 16.6 Å². The molecule has 1 heterocycles. The molecule has 0 saturated heterocycles. The summed E-state index contributed by atoms with van der Waals surface area (Å²) in [6.07, 6.45) is 0. The summed E-state index contributed by atoms with van der Waals surface area (Å²) in [6.45, 7) is 4.58. The summed E-state index contributed by atoms with van der Waals surface area (Å²) in [4.78, 5) is 4.82. The zero-order valence-corrected chi connectivity index (χ0v) is 12.3. The Morgan fingerprint density at radius 2 is 1.81 bits per heavy atom. The second-order valence-electron chi connectivity index (χ2n) is 4.95. The number of benzene rings is 2. The first-order valence-corrected chi connectivity index (χ1v) is 7.09. The van der Waals surface area contributed by atoms with Crippen LogP contribution in [0.5, 0.6) is 5.75 Å². The molecule has 21 heavy (non-hydrogen) atoms. The zero-order chi connectivity index (χ0) is 14.8. The average molecular weight is 278 g/mol. The topological polar surface area (TPSA) is 48.1 Å². The van der Waals surface area contributed by atoms with Crippen LogP contribution < -0.4 is 10.5 Å². The first-order valence-electron chi connectivity index (χ1n) is 7.09. The molecule has 0 saturated carbocycles. The molecule has 2 aromatic carbocycles. The third-order valence-electron chi connectivity index (χ3n) is 3.62. The molecule has 0 radical (unpaired) electrons. The van der Waals surface area contributed by atoms with Crippen molar-refractivity contribution in [2.45, 2.75) is 13.8 Å². The van der Waals surface area contributed by atoms with Crippen LogP contribution in [0.2, 0.25) is 0 Å². The summed E-state index contributed by atoms with van der Waals surface area (Å²) >= 11 is 0. The Labute approximate surface area is 124 Å². The van der Waals surface area contributed by atoms with E-state index in [0.29, 0.717) is 6.61 Å². The summed E-state index contributed by atoms with van der Waals surface area (Å²) in [5, 5.41) is 0.943. The van der Waals surface area contributed by atoms with Crippen molar-refractivity contribution < 1.29 is 4.74 Å². The number of aromatic nitrogens is 1. The minimum absolute atomic E-state index is 0.606. The van der Waals surface area contributed by atoms with Gasteiger partial charge < -0.3 is 10.5 Å². The molecule has 3 rings (SSSR count). The summed E-state index contributed by atoms with van der Waals surface area (Å²) in [5.74, 6) is 0.777. The number of nitrogens with two attached hydrogens (primary N) is 1. The highest BCUT2D eigenvalue weighted by Crippen LogP contribution is 2.35. The van der Waals surface area contributed by atoms with Crippen LogP contribution in [0.1, 0.15) is 12.5 Å². The van der Waals surface area contributed by atoms with Gasteiger partial charge >= 0.3 is 0 Å². The largest absolute Gasteiger partial charge is 0.492 e. The third kappa shape index (κ3) is 2.31. The fraction of sp³-hybridized carbons (Fsp3) is 0.167. The van der Waals surface area contributed by atoms with Gasteiger partial charge in [-0.15, -0.1) is 0 Å². The number of hydrogen-bond acceptors (Lipinski definition) is 3. The molecule has 3 heteroatoms. The summed E-state index contributed by atoms with van der Waals surface area (Å²) in [7, 11) is 0. The highest BCUT2D eigenvalue weighted by molar-refractivity contribution is 5.98. The van der Waals surface area contributed by atoms with Gasteiger partial charge in [0.2, 0.25) is 0 Å². The number of rotatable bonds is 3. The molecule has 0 aliphatic rings. The van der Waals surface area contributed by atoms with Gasteiger partial charge in [0.1, 0.15) is 11.3 Å². The van der Waals surface area contributed by atoms with Crippen molar-refractivity contribution in [1.29, 1.82) is 0 Å². The van der Waals surface area contributed by atoms with Crippen LogP contribution in [0, 0.1) is 6.92 Å². The molecule has 3 nitrogen and oxygen atoms in total. The smallest absolute Gasteiger partial charge is 0.145 e. The number of nitrogens with zero attached hydrogens (tertiary/aromatic N) is 1. The molecule has 2 N–H and O–H groups in total. The Morgan fingerprint density at radius 3 is 2.52 bits per heavy atom. The number of pyridine rings is 1. The van der Waals surface area contributed by atoms with Gasteiger partial charge in [-0.25, -0.2) is 4.98 Å². The minimum Gasteiger partial charge on any atom is -0.492 e. The van der Waals surface area contributed by atoms with Crippen molar-refractivity contribution in [1.82, 2.24) is 4.98 Å². The highest BCUT2D eigenvalue weighted by Gasteiger charge is 2.13. The number of anilines is 1. The molecule has 1 aromatic heterocycles. The molecule has 0 atom stereocenters. The molecular weight excluding hydrogens is 260 g/mol. The van der Waals surface area contributed by atoms with Gasteiger partial charge in [-0.2, -0.15) is 0 Å². The quantitative estimate of drug-likeness (QED) is 0.781. The lowest BCUT2D eigenvalue weighted by molar-refractivity contribution is 0.343. The van der Waals surface area contributed by atoms with Gasteiger partial charge in [0.25, 0.3) is 0 Å². The summed E-state index contributed by atoms with van der Waals surface area (Å²) in [5.41, 5.74) is 10.9. The maximum atomic E-state index is 6.33. The van der Waals surface area contributed by atoms with Crippen molar-refractivity contribution in [3.8, 4) is 17.0 Å². The van der Waals surface area contributed by atoms with Crippen molar-refractivity contribution in [2.24, 2.45) is 0 Å². The van der Waals surface area contributed by atoms with E-state index in [-0.39, 0.29) is 0 Å². The van der Waals surface area contributed by atoms with Crippen molar-refractivity contribution >= 4 is 16.6 Å². The standard InChI is InChI=1S/C18H18N2O/c1-3-21-15-11-7-10-14-16(19)12(2)17(20-18(14)15)13-8-5-4-6-9-13/h4-11H,3H2,1-2H3,(H2,19,20). The maximum Gasteiger partial charge on any atom is 0.145 e. The molecular formula is C18H18N2O. The van der Waals surface area contributed by atoms with Gasteiger partial charge in [-0.3, -0.25) is 0 Å². The van der Waals surface area contributed by atoms with E-state index in [0.717, 1.165) is 39.2 Å². The summed E-state index contributed by atoms with van der Waals surface area (Å²) in [6, 6.07) is 16.0. The molecule has 0 unspecified atom stereocenters. The fourth-order valence-electron chi connectivity index (χ4n) is 2.53. The van der Waals surface area contributed by atoms with E-state index in [2.05, 4.69) is 0 Å². The van der Waals surface area contributed by atoms with Crippen LogP contribution in [0.4, 0.5) is 5.69 Å². The lowest BCUT2D eigenvalue weighted by Gasteiger charge is -2.14. The fourth-order valence-corrected chi connectivity index (χ4v) is 2.53. The molecule has 0 amide bonds. The Bertz CT molecular complexity index is 782.